The lowest BCUT2D eigenvalue weighted by atomic mass is 10.2. The van der Waals surface area contributed by atoms with Crippen molar-refractivity contribution in [1.29, 1.82) is 0 Å². The fourth-order valence-corrected chi connectivity index (χ4v) is 2.89. The lowest BCUT2D eigenvalue weighted by Crippen LogP contribution is -2.06. The molecule has 0 unspecified atom stereocenters. The number of nitrogens with zero attached hydrogens (tertiary/aromatic N) is 2. The van der Waals surface area contributed by atoms with Gasteiger partial charge >= 0.3 is 5.97 Å². The zero-order valence-electron chi connectivity index (χ0n) is 12.4. The number of carbonyl (C=O) groups is 1. The van der Waals surface area contributed by atoms with Crippen LogP contribution in [-0.4, -0.2) is 16.1 Å². The van der Waals surface area contributed by atoms with Gasteiger partial charge in [0.25, 0.3) is 0 Å². The van der Waals surface area contributed by atoms with E-state index in [4.69, 9.17) is 32.5 Å². The van der Waals surface area contributed by atoms with Gasteiger partial charge in [-0.3, -0.25) is 4.79 Å². The molecule has 0 N–H and O–H groups in total. The Hall–Kier alpha value is -1.89. The van der Waals surface area contributed by atoms with E-state index in [2.05, 4.69) is 10.1 Å². The molecule has 124 valence electrons. The smallest absolute Gasteiger partial charge is 0.306 e. The van der Waals surface area contributed by atoms with Gasteiger partial charge < -0.3 is 9.26 Å². The zero-order chi connectivity index (χ0) is 16.9. The lowest BCUT2D eigenvalue weighted by molar-refractivity contribution is -0.145. The van der Waals surface area contributed by atoms with Gasteiger partial charge in [0.05, 0.1) is 16.5 Å². The van der Waals surface area contributed by atoms with E-state index in [1.807, 2.05) is 16.8 Å². The molecule has 0 saturated carbocycles. The van der Waals surface area contributed by atoms with Crippen LogP contribution in [0.4, 0.5) is 0 Å². The van der Waals surface area contributed by atoms with Crippen LogP contribution in [0.1, 0.15) is 17.9 Å². The number of esters is 1. The number of halogens is 2. The maximum absolute atomic E-state index is 11.8. The number of hydrogen-bond acceptors (Lipinski definition) is 6. The van der Waals surface area contributed by atoms with Gasteiger partial charge in [-0.1, -0.05) is 34.4 Å². The molecule has 3 aromatic rings. The Labute approximate surface area is 152 Å². The van der Waals surface area contributed by atoms with Crippen molar-refractivity contribution in [1.82, 2.24) is 10.1 Å². The minimum absolute atomic E-state index is 0.139. The Morgan fingerprint density at radius 3 is 2.88 bits per heavy atom. The highest BCUT2D eigenvalue weighted by molar-refractivity contribution is 7.08. The summed E-state index contributed by atoms with van der Waals surface area (Å²) in [7, 11) is 0. The molecule has 0 atom stereocenters. The van der Waals surface area contributed by atoms with Gasteiger partial charge in [0.1, 0.15) is 6.61 Å². The summed E-state index contributed by atoms with van der Waals surface area (Å²) in [6.07, 6.45) is 0.490. The third kappa shape index (κ3) is 4.35. The molecule has 0 aliphatic rings. The Bertz CT molecular complexity index is 834. The van der Waals surface area contributed by atoms with Crippen LogP contribution in [0, 0.1) is 0 Å². The van der Waals surface area contributed by atoms with Crippen LogP contribution < -0.4 is 0 Å². The van der Waals surface area contributed by atoms with E-state index < -0.39 is 0 Å². The van der Waals surface area contributed by atoms with Crippen LogP contribution >= 0.6 is 34.5 Å². The van der Waals surface area contributed by atoms with Gasteiger partial charge in [-0.05, 0) is 29.1 Å². The first-order chi connectivity index (χ1) is 11.6. The summed E-state index contributed by atoms with van der Waals surface area (Å²) >= 11 is 13.3. The highest BCUT2D eigenvalue weighted by Gasteiger charge is 2.12. The molecule has 0 fully saturated rings. The fourth-order valence-electron chi connectivity index (χ4n) is 1.94. The molecular formula is C16H12Cl2N2O3S. The molecule has 0 saturated heterocycles. The predicted octanol–water partition coefficient (Wildman–Crippen LogP) is 4.78. The highest BCUT2D eigenvalue weighted by Crippen LogP contribution is 2.23. The van der Waals surface area contributed by atoms with Gasteiger partial charge in [0, 0.05) is 17.4 Å². The molecule has 8 heteroatoms. The second-order valence-electron chi connectivity index (χ2n) is 4.93. The molecule has 5 nitrogen and oxygen atoms in total. The molecule has 0 spiro atoms. The summed E-state index contributed by atoms with van der Waals surface area (Å²) in [6.45, 7) is 0.139. The van der Waals surface area contributed by atoms with Crippen LogP contribution in [0.2, 0.25) is 10.0 Å². The number of thiophene rings is 1. The molecule has 2 heterocycles. The second kappa shape index (κ2) is 7.79. The van der Waals surface area contributed by atoms with Crippen LogP contribution in [0.5, 0.6) is 0 Å². The van der Waals surface area contributed by atoms with Crippen LogP contribution in [0.25, 0.3) is 11.4 Å². The summed E-state index contributed by atoms with van der Waals surface area (Å²) < 4.78 is 10.3. The van der Waals surface area contributed by atoms with E-state index >= 15 is 0 Å². The average molecular weight is 383 g/mol. The van der Waals surface area contributed by atoms with E-state index in [-0.39, 0.29) is 19.0 Å². The SMILES string of the molecule is O=C(CCc1nc(-c2ccsc2)no1)OCc1ccc(Cl)c(Cl)c1. The summed E-state index contributed by atoms with van der Waals surface area (Å²) in [5, 5.41) is 8.65. The van der Waals surface area contributed by atoms with Crippen LogP contribution in [0.15, 0.2) is 39.5 Å². The largest absolute Gasteiger partial charge is 0.461 e. The number of hydrogen-bond donors (Lipinski definition) is 0. The molecule has 0 amide bonds. The van der Waals surface area contributed by atoms with Crippen molar-refractivity contribution in [2.45, 2.75) is 19.4 Å². The number of rotatable bonds is 6. The minimum Gasteiger partial charge on any atom is -0.461 e. The van der Waals surface area contributed by atoms with Gasteiger partial charge in [0.15, 0.2) is 0 Å². The number of carbonyl (C=O) groups excluding carboxylic acids is 1. The number of aryl methyl sites for hydroxylation is 1. The lowest BCUT2D eigenvalue weighted by Gasteiger charge is -2.05. The maximum atomic E-state index is 11.8. The molecule has 0 bridgehead atoms. The first-order valence-corrected chi connectivity index (χ1v) is 8.76. The Morgan fingerprint density at radius 1 is 1.25 bits per heavy atom. The van der Waals surface area contributed by atoms with Crippen molar-refractivity contribution >= 4 is 40.5 Å². The first kappa shape index (κ1) is 17.0. The van der Waals surface area contributed by atoms with Crippen LogP contribution in [0.3, 0.4) is 0 Å². The van der Waals surface area contributed by atoms with Crippen molar-refractivity contribution in [2.24, 2.45) is 0 Å². The zero-order valence-corrected chi connectivity index (χ0v) is 14.7. The topological polar surface area (TPSA) is 65.2 Å². The normalized spacial score (nSPS) is 10.8. The molecule has 0 aliphatic carbocycles. The Kier molecular flexibility index (Phi) is 5.50. The quantitative estimate of drug-likeness (QED) is 0.573. The van der Waals surface area contributed by atoms with Gasteiger partial charge in [0.2, 0.25) is 11.7 Å². The average Bonchev–Trinajstić information content (AvgIpc) is 3.25. The van der Waals surface area contributed by atoms with Crippen LogP contribution in [-0.2, 0) is 22.6 Å². The minimum atomic E-state index is -0.351. The number of ether oxygens (including phenoxy) is 1. The van der Waals surface area contributed by atoms with Crippen molar-refractivity contribution in [3.63, 3.8) is 0 Å². The van der Waals surface area contributed by atoms with E-state index in [0.717, 1.165) is 11.1 Å². The first-order valence-electron chi connectivity index (χ1n) is 7.06. The van der Waals surface area contributed by atoms with Gasteiger partial charge in [-0.25, -0.2) is 0 Å². The third-order valence-electron chi connectivity index (χ3n) is 3.17. The maximum Gasteiger partial charge on any atom is 0.306 e. The standard InChI is InChI=1S/C16H12Cl2N2O3S/c17-12-2-1-10(7-13(12)18)8-22-15(21)4-3-14-19-16(20-23-14)11-5-6-24-9-11/h1-2,5-7,9H,3-4,8H2. The van der Waals surface area contributed by atoms with E-state index in [1.165, 1.54) is 0 Å². The van der Waals surface area contributed by atoms with Crippen molar-refractivity contribution in [3.05, 3.63) is 56.5 Å². The molecular weight excluding hydrogens is 371 g/mol. The summed E-state index contributed by atoms with van der Waals surface area (Å²) in [4.78, 5) is 16.1. The number of benzene rings is 1. The predicted molar refractivity (Wildman–Crippen MR) is 92.2 cm³/mol. The van der Waals surface area contributed by atoms with Crippen molar-refractivity contribution < 1.29 is 14.1 Å². The molecule has 24 heavy (non-hydrogen) atoms. The highest BCUT2D eigenvalue weighted by atomic mass is 35.5. The van der Waals surface area contributed by atoms with E-state index in [9.17, 15) is 4.79 Å². The van der Waals surface area contributed by atoms with E-state index in [0.29, 0.717) is 28.2 Å². The summed E-state index contributed by atoms with van der Waals surface area (Å²) in [5.74, 6) is 0.578. The van der Waals surface area contributed by atoms with Crippen molar-refractivity contribution in [3.8, 4) is 11.4 Å². The summed E-state index contributed by atoms with van der Waals surface area (Å²) in [6, 6.07) is 7.00. The Morgan fingerprint density at radius 2 is 2.12 bits per heavy atom. The second-order valence-corrected chi connectivity index (χ2v) is 6.53. The molecule has 2 aromatic heterocycles. The van der Waals surface area contributed by atoms with Crippen molar-refractivity contribution in [2.75, 3.05) is 0 Å². The fraction of sp³-hybridized carbons (Fsp3) is 0.188. The molecule has 0 aliphatic heterocycles. The number of aromatic nitrogens is 2. The Balaban J connectivity index is 1.48. The van der Waals surface area contributed by atoms with E-state index in [1.54, 1.807) is 29.5 Å². The summed E-state index contributed by atoms with van der Waals surface area (Å²) in [5.41, 5.74) is 1.67. The molecule has 1 aromatic carbocycles. The van der Waals surface area contributed by atoms with Gasteiger partial charge in [-0.15, -0.1) is 0 Å². The third-order valence-corrected chi connectivity index (χ3v) is 4.60. The monoisotopic (exact) mass is 382 g/mol. The molecule has 3 rings (SSSR count). The molecule has 0 radical (unpaired) electrons. The van der Waals surface area contributed by atoms with Gasteiger partial charge in [-0.2, -0.15) is 16.3 Å².